The predicted molar refractivity (Wildman–Crippen MR) is 52.9 cm³/mol. The van der Waals surface area contributed by atoms with Gasteiger partial charge in [-0.3, -0.25) is 14.3 Å². The van der Waals surface area contributed by atoms with Gasteiger partial charge in [0.1, 0.15) is 0 Å². The second-order valence-corrected chi connectivity index (χ2v) is 4.80. The van der Waals surface area contributed by atoms with E-state index in [2.05, 4.69) is 0 Å². The fourth-order valence-corrected chi connectivity index (χ4v) is 1.09. The third-order valence-electron chi connectivity index (χ3n) is 1.41. The first-order valence-corrected chi connectivity index (χ1v) is 4.52. The molecule has 0 bridgehead atoms. The molecule has 0 saturated carbocycles. The maximum atomic E-state index is 11.1. The number of rotatable bonds is 1. The highest BCUT2D eigenvalue weighted by Crippen LogP contribution is 2.35. The lowest BCUT2D eigenvalue weighted by Gasteiger charge is -2.20. The highest BCUT2D eigenvalue weighted by atomic mass is 35.6. The maximum Gasteiger partial charge on any atom is 0.330 e. The van der Waals surface area contributed by atoms with E-state index in [1.165, 1.54) is 0 Å². The largest absolute Gasteiger partial charge is 0.369 e. The number of aromatic nitrogens is 2. The zero-order valence-corrected chi connectivity index (χ0v) is 8.84. The first-order valence-electron chi connectivity index (χ1n) is 3.38. The summed E-state index contributed by atoms with van der Waals surface area (Å²) in [4.78, 5) is 23.7. The van der Waals surface area contributed by atoms with Gasteiger partial charge in [-0.1, -0.05) is 34.8 Å². The summed E-state index contributed by atoms with van der Waals surface area (Å²) in [5.41, 5.74) is -1.45. The van der Waals surface area contributed by atoms with Crippen LogP contribution in [0.15, 0.2) is 21.9 Å². The lowest BCUT2D eigenvalue weighted by molar-refractivity contribution is 0.102. The first-order chi connectivity index (χ1) is 6.32. The molecule has 0 saturated heterocycles. The number of hydrogen-bond donors (Lipinski definition) is 2. The summed E-state index contributed by atoms with van der Waals surface area (Å²) in [5, 5.41) is 9.37. The molecule has 14 heavy (non-hydrogen) atoms. The maximum absolute atomic E-state index is 11.1. The number of aromatic amines is 1. The van der Waals surface area contributed by atoms with E-state index >= 15 is 0 Å². The standard InChI is InChI=1S/C6H5Cl3N2O3/c7-6(8,9)4(13)11-2-1-3(12)10-5(11)14/h1-2,4,13H,(H,10,12,14). The Balaban J connectivity index is 3.21. The van der Waals surface area contributed by atoms with Gasteiger partial charge in [0.05, 0.1) is 0 Å². The van der Waals surface area contributed by atoms with E-state index in [9.17, 15) is 14.7 Å². The van der Waals surface area contributed by atoms with Crippen LogP contribution in [0.25, 0.3) is 0 Å². The Kier molecular flexibility index (Phi) is 3.26. The molecule has 1 aromatic heterocycles. The van der Waals surface area contributed by atoms with Crippen molar-refractivity contribution in [2.24, 2.45) is 0 Å². The molecule has 0 aliphatic rings. The van der Waals surface area contributed by atoms with Gasteiger partial charge in [0.25, 0.3) is 5.56 Å². The normalized spacial score (nSPS) is 14.0. The fourth-order valence-electron chi connectivity index (χ4n) is 0.778. The van der Waals surface area contributed by atoms with Crippen LogP contribution in [-0.2, 0) is 0 Å². The second-order valence-electron chi connectivity index (χ2n) is 2.43. The van der Waals surface area contributed by atoms with Crippen molar-refractivity contribution >= 4 is 34.8 Å². The Morgan fingerprint density at radius 1 is 1.43 bits per heavy atom. The van der Waals surface area contributed by atoms with Gasteiger partial charge in [0, 0.05) is 12.3 Å². The van der Waals surface area contributed by atoms with Gasteiger partial charge in [-0.05, 0) is 0 Å². The average molecular weight is 259 g/mol. The highest BCUT2D eigenvalue weighted by Gasteiger charge is 2.32. The van der Waals surface area contributed by atoms with Crippen LogP contribution in [0.1, 0.15) is 6.23 Å². The number of alkyl halides is 3. The SMILES string of the molecule is O=c1ccn(C(O)C(Cl)(Cl)Cl)c(=O)[nH]1. The highest BCUT2D eigenvalue weighted by molar-refractivity contribution is 6.67. The molecule has 2 N–H and O–H groups in total. The van der Waals surface area contributed by atoms with Crippen molar-refractivity contribution in [2.75, 3.05) is 0 Å². The van der Waals surface area contributed by atoms with Crippen molar-refractivity contribution in [2.45, 2.75) is 10.0 Å². The molecule has 0 aromatic carbocycles. The summed E-state index contributed by atoms with van der Waals surface area (Å²) in [7, 11) is 0. The minimum absolute atomic E-state index is 0.595. The fraction of sp³-hybridized carbons (Fsp3) is 0.333. The smallest absolute Gasteiger partial charge is 0.330 e. The number of nitrogens with zero attached hydrogens (tertiary/aromatic N) is 1. The summed E-state index contributed by atoms with van der Waals surface area (Å²) in [6.07, 6.45) is -0.620. The van der Waals surface area contributed by atoms with Gasteiger partial charge in [0.2, 0.25) is 3.79 Å². The number of hydrogen-bond acceptors (Lipinski definition) is 3. The lowest BCUT2D eigenvalue weighted by Crippen LogP contribution is -2.36. The van der Waals surface area contributed by atoms with Crippen molar-refractivity contribution in [1.82, 2.24) is 9.55 Å². The van der Waals surface area contributed by atoms with Gasteiger partial charge in [-0.2, -0.15) is 0 Å². The summed E-state index contributed by atoms with van der Waals surface area (Å²) in [6.45, 7) is 0. The zero-order valence-electron chi connectivity index (χ0n) is 6.58. The summed E-state index contributed by atoms with van der Waals surface area (Å²) >= 11 is 16.1. The molecule has 1 atom stereocenters. The van der Waals surface area contributed by atoms with Gasteiger partial charge < -0.3 is 5.11 Å². The quantitative estimate of drug-likeness (QED) is 0.717. The van der Waals surface area contributed by atoms with E-state index in [1.54, 1.807) is 0 Å². The number of aliphatic hydroxyl groups excluding tert-OH is 1. The zero-order chi connectivity index (χ0) is 10.9. The van der Waals surface area contributed by atoms with Crippen molar-refractivity contribution in [3.05, 3.63) is 33.1 Å². The van der Waals surface area contributed by atoms with Gasteiger partial charge in [0.15, 0.2) is 6.23 Å². The minimum Gasteiger partial charge on any atom is -0.369 e. The van der Waals surface area contributed by atoms with Gasteiger partial charge >= 0.3 is 5.69 Å². The molecule has 0 radical (unpaired) electrons. The molecule has 5 nitrogen and oxygen atoms in total. The van der Waals surface area contributed by atoms with Gasteiger partial charge in [-0.25, -0.2) is 4.79 Å². The first kappa shape index (κ1) is 11.6. The van der Waals surface area contributed by atoms with E-state index in [0.29, 0.717) is 4.57 Å². The number of halogens is 3. The molecule has 0 aliphatic carbocycles. The molecule has 0 amide bonds. The lowest BCUT2D eigenvalue weighted by atomic mass is 10.5. The van der Waals surface area contributed by atoms with Crippen molar-refractivity contribution in [3.8, 4) is 0 Å². The van der Waals surface area contributed by atoms with E-state index in [0.717, 1.165) is 12.3 Å². The van der Waals surface area contributed by atoms with Crippen LogP contribution < -0.4 is 11.2 Å². The minimum atomic E-state index is -2.04. The molecular weight excluding hydrogens is 254 g/mol. The molecule has 8 heteroatoms. The third kappa shape index (κ3) is 2.51. The Hall–Kier alpha value is -0.490. The topological polar surface area (TPSA) is 75.1 Å². The summed E-state index contributed by atoms with van der Waals surface area (Å²) in [6, 6.07) is 1.03. The van der Waals surface area contributed by atoms with Gasteiger partial charge in [-0.15, -0.1) is 0 Å². The van der Waals surface area contributed by atoms with E-state index in [1.807, 2.05) is 4.98 Å². The Labute approximate surface area is 92.8 Å². The van der Waals surface area contributed by atoms with Crippen LogP contribution in [-0.4, -0.2) is 18.5 Å². The van der Waals surface area contributed by atoms with Crippen LogP contribution in [0.5, 0.6) is 0 Å². The van der Waals surface area contributed by atoms with Crippen LogP contribution >= 0.6 is 34.8 Å². The molecular formula is C6H5Cl3N2O3. The molecule has 0 spiro atoms. The van der Waals surface area contributed by atoms with Crippen LogP contribution in [0.2, 0.25) is 0 Å². The number of nitrogens with one attached hydrogen (secondary N) is 1. The number of aliphatic hydroxyl groups is 1. The summed E-state index contributed by atoms with van der Waals surface area (Å²) < 4.78 is -1.34. The predicted octanol–water partition coefficient (Wildman–Crippen LogP) is 0.398. The monoisotopic (exact) mass is 258 g/mol. The summed E-state index contributed by atoms with van der Waals surface area (Å²) in [5.74, 6) is 0. The van der Waals surface area contributed by atoms with E-state index < -0.39 is 21.3 Å². The molecule has 0 aliphatic heterocycles. The van der Waals surface area contributed by atoms with Crippen LogP contribution in [0.3, 0.4) is 0 Å². The van der Waals surface area contributed by atoms with Crippen molar-refractivity contribution in [3.63, 3.8) is 0 Å². The number of H-pyrrole nitrogens is 1. The Morgan fingerprint density at radius 3 is 2.43 bits per heavy atom. The van der Waals surface area contributed by atoms with E-state index in [-0.39, 0.29) is 0 Å². The van der Waals surface area contributed by atoms with Crippen molar-refractivity contribution in [1.29, 1.82) is 0 Å². The Bertz CT molecular complexity index is 433. The van der Waals surface area contributed by atoms with Crippen LogP contribution in [0.4, 0.5) is 0 Å². The van der Waals surface area contributed by atoms with Crippen LogP contribution in [0, 0.1) is 0 Å². The molecule has 1 unspecified atom stereocenters. The molecule has 1 rings (SSSR count). The molecule has 1 aromatic rings. The molecule has 78 valence electrons. The third-order valence-corrected chi connectivity index (χ3v) is 1.99. The molecule has 1 heterocycles. The molecule has 0 fully saturated rings. The van der Waals surface area contributed by atoms with E-state index in [4.69, 9.17) is 34.8 Å². The van der Waals surface area contributed by atoms with Crippen molar-refractivity contribution < 1.29 is 5.11 Å². The second kappa shape index (κ2) is 3.94. The average Bonchev–Trinajstić information content (AvgIpc) is 2.01. The Morgan fingerprint density at radius 2 is 2.00 bits per heavy atom.